The number of pyridine rings is 2. The van der Waals surface area contributed by atoms with Gasteiger partial charge in [-0.25, -0.2) is 4.98 Å². The molecule has 0 unspecified atom stereocenters. The van der Waals surface area contributed by atoms with Crippen molar-refractivity contribution in [2.24, 2.45) is 5.73 Å². The third-order valence-corrected chi connectivity index (χ3v) is 2.57. The normalized spacial score (nSPS) is 11.2. The second-order valence-electron chi connectivity index (χ2n) is 3.82. The molecule has 0 atom stereocenters. The SMILES string of the molecule is NC(=S)c1ncccc1Nc1ccc(C(F)(F)F)nc1. The average molecular weight is 298 g/mol. The van der Waals surface area contributed by atoms with Crippen LogP contribution in [0, 0.1) is 0 Å². The fourth-order valence-electron chi connectivity index (χ4n) is 1.49. The van der Waals surface area contributed by atoms with E-state index in [9.17, 15) is 13.2 Å². The Morgan fingerprint density at radius 1 is 1.20 bits per heavy atom. The molecule has 0 fully saturated rings. The Kier molecular flexibility index (Phi) is 3.84. The highest BCUT2D eigenvalue weighted by Gasteiger charge is 2.32. The van der Waals surface area contributed by atoms with E-state index >= 15 is 0 Å². The zero-order chi connectivity index (χ0) is 14.8. The third-order valence-electron chi connectivity index (χ3n) is 2.37. The molecular weight excluding hydrogens is 289 g/mol. The lowest BCUT2D eigenvalue weighted by atomic mass is 10.2. The summed E-state index contributed by atoms with van der Waals surface area (Å²) in [6.07, 6.45) is -1.86. The molecule has 8 heteroatoms. The maximum absolute atomic E-state index is 12.4. The fourth-order valence-corrected chi connectivity index (χ4v) is 1.66. The number of anilines is 2. The molecule has 2 heterocycles. The minimum atomic E-state index is -4.46. The summed E-state index contributed by atoms with van der Waals surface area (Å²) in [5.74, 6) is 0. The summed E-state index contributed by atoms with van der Waals surface area (Å²) in [6, 6.07) is 5.48. The van der Waals surface area contributed by atoms with E-state index in [2.05, 4.69) is 15.3 Å². The van der Waals surface area contributed by atoms with Crippen LogP contribution in [0.1, 0.15) is 11.4 Å². The van der Waals surface area contributed by atoms with Crippen molar-refractivity contribution >= 4 is 28.6 Å². The minimum absolute atomic E-state index is 0.0907. The molecule has 0 radical (unpaired) electrons. The predicted molar refractivity (Wildman–Crippen MR) is 72.6 cm³/mol. The first kappa shape index (κ1) is 14.2. The van der Waals surface area contributed by atoms with Gasteiger partial charge >= 0.3 is 6.18 Å². The van der Waals surface area contributed by atoms with Crippen molar-refractivity contribution in [2.75, 3.05) is 5.32 Å². The highest BCUT2D eigenvalue weighted by molar-refractivity contribution is 7.80. The van der Waals surface area contributed by atoms with Crippen LogP contribution in [0.3, 0.4) is 0 Å². The van der Waals surface area contributed by atoms with Crippen molar-refractivity contribution < 1.29 is 13.2 Å². The van der Waals surface area contributed by atoms with E-state index in [-0.39, 0.29) is 4.99 Å². The van der Waals surface area contributed by atoms with E-state index in [0.717, 1.165) is 12.3 Å². The van der Waals surface area contributed by atoms with Gasteiger partial charge in [-0.15, -0.1) is 0 Å². The standard InChI is InChI=1S/C12H9F3N4S/c13-12(14,15)9-4-3-7(6-18-9)19-8-2-1-5-17-10(8)11(16)20/h1-6,19H,(H2,16,20). The van der Waals surface area contributed by atoms with Crippen molar-refractivity contribution in [1.82, 2.24) is 9.97 Å². The molecule has 104 valence electrons. The fraction of sp³-hybridized carbons (Fsp3) is 0.0833. The Balaban J connectivity index is 2.25. The molecule has 0 aliphatic rings. The average Bonchev–Trinajstić information content (AvgIpc) is 2.38. The third kappa shape index (κ3) is 3.21. The number of aromatic nitrogens is 2. The van der Waals surface area contributed by atoms with E-state index in [4.69, 9.17) is 18.0 Å². The van der Waals surface area contributed by atoms with Gasteiger partial charge in [-0.05, 0) is 24.3 Å². The quantitative estimate of drug-likeness (QED) is 0.853. The Bertz CT molecular complexity index is 625. The molecule has 0 aliphatic heterocycles. The number of thiocarbonyl (C=S) groups is 1. The molecule has 0 bridgehead atoms. The van der Waals surface area contributed by atoms with Gasteiger partial charge in [0.2, 0.25) is 0 Å². The maximum atomic E-state index is 12.4. The first-order chi connectivity index (χ1) is 9.38. The molecule has 0 saturated carbocycles. The molecule has 3 N–H and O–H groups in total. The lowest BCUT2D eigenvalue weighted by Gasteiger charge is -2.11. The van der Waals surface area contributed by atoms with Gasteiger partial charge in [0.15, 0.2) is 0 Å². The maximum Gasteiger partial charge on any atom is 0.433 e. The summed E-state index contributed by atoms with van der Waals surface area (Å²) in [7, 11) is 0. The Labute approximate surface area is 117 Å². The predicted octanol–water partition coefficient (Wildman–Crippen LogP) is 2.87. The molecule has 0 amide bonds. The van der Waals surface area contributed by atoms with Crippen molar-refractivity contribution in [3.8, 4) is 0 Å². The van der Waals surface area contributed by atoms with Crippen molar-refractivity contribution in [2.45, 2.75) is 6.18 Å². The second-order valence-corrected chi connectivity index (χ2v) is 4.26. The first-order valence-corrected chi connectivity index (χ1v) is 5.84. The van der Waals surface area contributed by atoms with Crippen molar-refractivity contribution in [3.63, 3.8) is 0 Å². The largest absolute Gasteiger partial charge is 0.433 e. The first-order valence-electron chi connectivity index (χ1n) is 5.43. The minimum Gasteiger partial charge on any atom is -0.388 e. The van der Waals surface area contributed by atoms with Gasteiger partial charge in [0.25, 0.3) is 0 Å². The summed E-state index contributed by atoms with van der Waals surface area (Å²) in [5.41, 5.74) is 5.80. The van der Waals surface area contributed by atoms with Crippen LogP contribution in [-0.2, 0) is 6.18 Å². The van der Waals surface area contributed by atoms with E-state index in [1.165, 1.54) is 12.3 Å². The zero-order valence-electron chi connectivity index (χ0n) is 9.98. The molecule has 2 rings (SSSR count). The number of rotatable bonds is 3. The van der Waals surface area contributed by atoms with Gasteiger partial charge in [-0.2, -0.15) is 13.2 Å². The smallest absolute Gasteiger partial charge is 0.388 e. The number of hydrogen-bond acceptors (Lipinski definition) is 4. The van der Waals surface area contributed by atoms with Crippen LogP contribution in [0.5, 0.6) is 0 Å². The van der Waals surface area contributed by atoms with Crippen LogP contribution in [0.4, 0.5) is 24.5 Å². The Morgan fingerprint density at radius 2 is 1.95 bits per heavy atom. The number of halogens is 3. The summed E-state index contributed by atoms with van der Waals surface area (Å²) in [4.78, 5) is 7.44. The molecule has 0 aromatic carbocycles. The topological polar surface area (TPSA) is 63.8 Å². The summed E-state index contributed by atoms with van der Waals surface area (Å²) < 4.78 is 37.2. The molecule has 0 spiro atoms. The van der Waals surface area contributed by atoms with E-state index in [1.54, 1.807) is 12.1 Å². The van der Waals surface area contributed by atoms with E-state index in [1.807, 2.05) is 0 Å². The van der Waals surface area contributed by atoms with Crippen LogP contribution < -0.4 is 11.1 Å². The Morgan fingerprint density at radius 3 is 2.50 bits per heavy atom. The molecule has 0 saturated heterocycles. The molecule has 2 aromatic rings. The molecule has 20 heavy (non-hydrogen) atoms. The van der Waals surface area contributed by atoms with Crippen LogP contribution in [-0.4, -0.2) is 15.0 Å². The monoisotopic (exact) mass is 298 g/mol. The number of alkyl halides is 3. The van der Waals surface area contributed by atoms with Crippen molar-refractivity contribution in [3.05, 3.63) is 48.0 Å². The second kappa shape index (κ2) is 5.41. The van der Waals surface area contributed by atoms with Crippen LogP contribution >= 0.6 is 12.2 Å². The van der Waals surface area contributed by atoms with Crippen LogP contribution in [0.15, 0.2) is 36.7 Å². The lowest BCUT2D eigenvalue weighted by Crippen LogP contribution is -2.14. The van der Waals surface area contributed by atoms with Crippen LogP contribution in [0.2, 0.25) is 0 Å². The van der Waals surface area contributed by atoms with E-state index in [0.29, 0.717) is 17.1 Å². The molecule has 0 aliphatic carbocycles. The molecular formula is C12H9F3N4S. The van der Waals surface area contributed by atoms with Gasteiger partial charge in [-0.1, -0.05) is 12.2 Å². The van der Waals surface area contributed by atoms with Crippen molar-refractivity contribution in [1.29, 1.82) is 0 Å². The lowest BCUT2D eigenvalue weighted by molar-refractivity contribution is -0.141. The number of nitrogens with one attached hydrogen (secondary N) is 1. The highest BCUT2D eigenvalue weighted by Crippen LogP contribution is 2.28. The van der Waals surface area contributed by atoms with E-state index < -0.39 is 11.9 Å². The molecule has 4 nitrogen and oxygen atoms in total. The highest BCUT2D eigenvalue weighted by atomic mass is 32.1. The number of nitrogens with two attached hydrogens (primary N) is 1. The van der Waals surface area contributed by atoms with Crippen LogP contribution in [0.25, 0.3) is 0 Å². The van der Waals surface area contributed by atoms with Gasteiger partial charge in [0.1, 0.15) is 16.4 Å². The summed E-state index contributed by atoms with van der Waals surface area (Å²) >= 11 is 4.85. The summed E-state index contributed by atoms with van der Waals surface area (Å²) in [6.45, 7) is 0. The molecule has 2 aromatic heterocycles. The summed E-state index contributed by atoms with van der Waals surface area (Å²) in [5, 5.41) is 2.87. The number of nitrogens with zero attached hydrogens (tertiary/aromatic N) is 2. The van der Waals surface area contributed by atoms with Gasteiger partial charge < -0.3 is 11.1 Å². The number of hydrogen-bond donors (Lipinski definition) is 2. The Hall–Kier alpha value is -2.22. The van der Waals surface area contributed by atoms with Gasteiger partial charge in [-0.3, -0.25) is 4.98 Å². The van der Waals surface area contributed by atoms with Gasteiger partial charge in [0.05, 0.1) is 17.6 Å². The zero-order valence-corrected chi connectivity index (χ0v) is 10.8. The van der Waals surface area contributed by atoms with Gasteiger partial charge in [0, 0.05) is 6.20 Å².